The van der Waals surface area contributed by atoms with Gasteiger partial charge in [-0.25, -0.2) is 0 Å². The van der Waals surface area contributed by atoms with Gasteiger partial charge in [0, 0.05) is 27.8 Å². The molecule has 3 heteroatoms. The zero-order chi connectivity index (χ0) is 15.5. The third-order valence-electron chi connectivity index (χ3n) is 4.53. The fourth-order valence-corrected chi connectivity index (χ4v) is 4.83. The van der Waals surface area contributed by atoms with E-state index >= 15 is 0 Å². The minimum absolute atomic E-state index is 0.181. The van der Waals surface area contributed by atoms with E-state index in [1.165, 1.54) is 24.0 Å². The summed E-state index contributed by atoms with van der Waals surface area (Å²) in [6.45, 7) is 6.69. The molecule has 1 aromatic rings. The Labute approximate surface area is 132 Å². The number of hydrogen-bond donors (Lipinski definition) is 1. The second-order valence-electron chi connectivity index (χ2n) is 7.17. The highest BCUT2D eigenvalue weighted by Crippen LogP contribution is 2.27. The average Bonchev–Trinajstić information content (AvgIpc) is 2.98. The first-order valence-electron chi connectivity index (χ1n) is 8.06. The lowest BCUT2D eigenvalue weighted by atomic mass is 9.86. The van der Waals surface area contributed by atoms with Gasteiger partial charge in [0.2, 0.25) is 0 Å². The third-order valence-corrected chi connectivity index (χ3v) is 6.41. The quantitative estimate of drug-likeness (QED) is 0.893. The summed E-state index contributed by atoms with van der Waals surface area (Å²) < 4.78 is 12.5. The highest BCUT2D eigenvalue weighted by molar-refractivity contribution is 7.85. The fraction of sp³-hybridized carbons (Fsp3) is 0.667. The summed E-state index contributed by atoms with van der Waals surface area (Å²) in [5.74, 6) is 0.732. The van der Waals surface area contributed by atoms with Crippen molar-refractivity contribution in [3.05, 3.63) is 35.4 Å². The van der Waals surface area contributed by atoms with E-state index in [1.807, 2.05) is 7.05 Å². The van der Waals surface area contributed by atoms with Crippen LogP contribution in [0.2, 0.25) is 0 Å². The van der Waals surface area contributed by atoms with E-state index < -0.39 is 10.8 Å². The van der Waals surface area contributed by atoms with Gasteiger partial charge < -0.3 is 5.32 Å². The Morgan fingerprint density at radius 3 is 2.24 bits per heavy atom. The van der Waals surface area contributed by atoms with Crippen LogP contribution < -0.4 is 5.32 Å². The van der Waals surface area contributed by atoms with E-state index in [9.17, 15) is 4.21 Å². The Hall–Kier alpha value is -0.670. The standard InChI is InChI=1S/C18H29NOS/c1-18(2,3)15-11-9-14(10-12-15)17(19-4)13-21(20)16-7-5-6-8-16/h9-12,16-17,19H,5-8,13H2,1-4H3. The number of hydrogen-bond acceptors (Lipinski definition) is 2. The molecule has 1 aromatic carbocycles. The molecule has 2 rings (SSSR count). The van der Waals surface area contributed by atoms with Crippen LogP contribution in [0.4, 0.5) is 0 Å². The van der Waals surface area contributed by atoms with Crippen LogP contribution in [0, 0.1) is 0 Å². The number of nitrogens with one attached hydrogen (secondary N) is 1. The van der Waals surface area contributed by atoms with Crippen LogP contribution in [-0.2, 0) is 16.2 Å². The highest BCUT2D eigenvalue weighted by atomic mass is 32.2. The van der Waals surface area contributed by atoms with Crippen LogP contribution in [0.25, 0.3) is 0 Å². The molecule has 0 saturated heterocycles. The molecular formula is C18H29NOS. The molecule has 2 nitrogen and oxygen atoms in total. The summed E-state index contributed by atoms with van der Waals surface area (Å²) in [6, 6.07) is 8.98. The summed E-state index contributed by atoms with van der Waals surface area (Å²) >= 11 is 0. The summed E-state index contributed by atoms with van der Waals surface area (Å²) in [6.07, 6.45) is 4.79. The molecule has 2 unspecified atom stereocenters. The van der Waals surface area contributed by atoms with Crippen molar-refractivity contribution in [2.45, 2.75) is 63.2 Å². The van der Waals surface area contributed by atoms with Gasteiger partial charge in [-0.3, -0.25) is 4.21 Å². The van der Waals surface area contributed by atoms with Crippen molar-refractivity contribution in [1.29, 1.82) is 0 Å². The Bertz CT molecular complexity index is 469. The molecular weight excluding hydrogens is 278 g/mol. The van der Waals surface area contributed by atoms with Crippen LogP contribution >= 0.6 is 0 Å². The second-order valence-corrected chi connectivity index (χ2v) is 8.93. The smallest absolute Gasteiger partial charge is 0.0434 e. The molecule has 0 bridgehead atoms. The van der Waals surface area contributed by atoms with E-state index in [4.69, 9.17) is 0 Å². The summed E-state index contributed by atoms with van der Waals surface area (Å²) in [7, 11) is 1.26. The third kappa shape index (κ3) is 4.40. The maximum atomic E-state index is 12.5. The maximum absolute atomic E-state index is 12.5. The van der Waals surface area contributed by atoms with Crippen LogP contribution in [0.1, 0.15) is 63.6 Å². The molecule has 1 fully saturated rings. The Balaban J connectivity index is 2.05. The SMILES string of the molecule is CNC(CS(=O)C1CCCC1)c1ccc(C(C)(C)C)cc1. The lowest BCUT2D eigenvalue weighted by Gasteiger charge is -2.22. The van der Waals surface area contributed by atoms with Crippen LogP contribution in [-0.4, -0.2) is 22.3 Å². The van der Waals surface area contributed by atoms with Crippen LogP contribution in [0.3, 0.4) is 0 Å². The van der Waals surface area contributed by atoms with E-state index in [0.717, 1.165) is 18.6 Å². The second kappa shape index (κ2) is 7.06. The lowest BCUT2D eigenvalue weighted by molar-refractivity contribution is 0.587. The van der Waals surface area contributed by atoms with Gasteiger partial charge >= 0.3 is 0 Å². The summed E-state index contributed by atoms with van der Waals surface area (Å²) in [4.78, 5) is 0. The van der Waals surface area contributed by atoms with Crippen molar-refractivity contribution in [3.63, 3.8) is 0 Å². The maximum Gasteiger partial charge on any atom is 0.0434 e. The van der Waals surface area contributed by atoms with Gasteiger partial charge in [-0.1, -0.05) is 57.9 Å². The predicted molar refractivity (Wildman–Crippen MR) is 92.2 cm³/mol. The average molecular weight is 308 g/mol. The molecule has 0 heterocycles. The van der Waals surface area contributed by atoms with Crippen molar-refractivity contribution in [3.8, 4) is 0 Å². The predicted octanol–water partition coefficient (Wildman–Crippen LogP) is 3.94. The molecule has 2 atom stereocenters. The Morgan fingerprint density at radius 2 is 1.76 bits per heavy atom. The lowest BCUT2D eigenvalue weighted by Crippen LogP contribution is -2.26. The van der Waals surface area contributed by atoms with Crippen molar-refractivity contribution in [2.75, 3.05) is 12.8 Å². The molecule has 0 radical (unpaired) electrons. The van der Waals surface area contributed by atoms with Gasteiger partial charge in [0.15, 0.2) is 0 Å². The normalized spacial score (nSPS) is 19.6. The molecule has 1 aliphatic rings. The van der Waals surface area contributed by atoms with Gasteiger partial charge in [0.05, 0.1) is 0 Å². The number of benzene rings is 1. The van der Waals surface area contributed by atoms with Gasteiger partial charge in [-0.2, -0.15) is 0 Å². The molecule has 118 valence electrons. The van der Waals surface area contributed by atoms with Crippen molar-refractivity contribution in [1.82, 2.24) is 5.32 Å². The molecule has 21 heavy (non-hydrogen) atoms. The van der Waals surface area contributed by atoms with E-state index in [-0.39, 0.29) is 11.5 Å². The summed E-state index contributed by atoms with van der Waals surface area (Å²) in [5.41, 5.74) is 2.77. The van der Waals surface area contributed by atoms with E-state index in [0.29, 0.717) is 5.25 Å². The Morgan fingerprint density at radius 1 is 1.19 bits per heavy atom. The molecule has 0 spiro atoms. The van der Waals surface area contributed by atoms with Crippen molar-refractivity contribution in [2.24, 2.45) is 0 Å². The monoisotopic (exact) mass is 307 g/mol. The fourth-order valence-electron chi connectivity index (χ4n) is 3.01. The minimum Gasteiger partial charge on any atom is -0.312 e. The first-order chi connectivity index (χ1) is 9.91. The Kier molecular flexibility index (Phi) is 5.61. The zero-order valence-electron chi connectivity index (χ0n) is 13.8. The molecule has 1 N–H and O–H groups in total. The first kappa shape index (κ1) is 16.7. The molecule has 1 saturated carbocycles. The zero-order valence-corrected chi connectivity index (χ0v) is 14.6. The largest absolute Gasteiger partial charge is 0.312 e. The molecule has 0 aliphatic heterocycles. The van der Waals surface area contributed by atoms with Crippen LogP contribution in [0.15, 0.2) is 24.3 Å². The van der Waals surface area contributed by atoms with Crippen LogP contribution in [0.5, 0.6) is 0 Å². The van der Waals surface area contributed by atoms with E-state index in [2.05, 4.69) is 50.4 Å². The highest BCUT2D eigenvalue weighted by Gasteiger charge is 2.24. The summed E-state index contributed by atoms with van der Waals surface area (Å²) in [5, 5.41) is 3.76. The minimum atomic E-state index is -0.711. The number of rotatable bonds is 5. The molecule has 0 amide bonds. The van der Waals surface area contributed by atoms with Gasteiger partial charge in [0.25, 0.3) is 0 Å². The first-order valence-corrected chi connectivity index (χ1v) is 9.45. The van der Waals surface area contributed by atoms with Crippen molar-refractivity contribution < 1.29 is 4.21 Å². The van der Waals surface area contributed by atoms with Crippen molar-refractivity contribution >= 4 is 10.8 Å². The van der Waals surface area contributed by atoms with Gasteiger partial charge in [-0.15, -0.1) is 0 Å². The van der Waals surface area contributed by atoms with Gasteiger partial charge in [-0.05, 0) is 36.4 Å². The van der Waals surface area contributed by atoms with E-state index in [1.54, 1.807) is 0 Å². The topological polar surface area (TPSA) is 29.1 Å². The molecule has 1 aliphatic carbocycles. The molecule has 0 aromatic heterocycles. The van der Waals surface area contributed by atoms with Gasteiger partial charge in [0.1, 0.15) is 0 Å².